The molecule has 5 nitrogen and oxygen atoms in total. The highest BCUT2D eigenvalue weighted by molar-refractivity contribution is 7.73. The van der Waals surface area contributed by atoms with Crippen molar-refractivity contribution in [2.45, 2.75) is 19.4 Å². The molecule has 2 aromatic rings. The van der Waals surface area contributed by atoms with Crippen LogP contribution in [0.2, 0.25) is 0 Å². The van der Waals surface area contributed by atoms with Gasteiger partial charge in [0, 0.05) is 24.7 Å². The molecule has 1 aromatic heterocycles. The van der Waals surface area contributed by atoms with Crippen molar-refractivity contribution in [3.05, 3.63) is 49.4 Å². The van der Waals surface area contributed by atoms with Crippen LogP contribution in [0.5, 0.6) is 5.88 Å². The summed E-state index contributed by atoms with van der Waals surface area (Å²) < 4.78 is 2.12. The zero-order chi connectivity index (χ0) is 16.4. The molecule has 0 saturated carbocycles. The molecule has 1 aliphatic rings. The molecule has 118 valence electrons. The second kappa shape index (κ2) is 6.47. The SMILES string of the molecule is O=C(O)CCCn1c(O)c(/C=c2/ccc3c(c2)C=CN=3)sc1=S. The largest absolute Gasteiger partial charge is 0.493 e. The standard InChI is InChI=1S/C16H14N2O3S2/c19-14(20)2-1-7-18-15(21)13(23-16(18)22)9-10-3-4-12-11(8-10)5-6-17-12/h3-6,8-9,21H,1-2,7H2,(H,19,20)/b10-9-. The minimum atomic E-state index is -0.852. The van der Waals surface area contributed by atoms with Crippen LogP contribution in [-0.2, 0) is 11.3 Å². The third-order valence-electron chi connectivity index (χ3n) is 3.48. The van der Waals surface area contributed by atoms with E-state index in [2.05, 4.69) is 4.99 Å². The van der Waals surface area contributed by atoms with Crippen LogP contribution in [0.15, 0.2) is 29.4 Å². The Labute approximate surface area is 141 Å². The summed E-state index contributed by atoms with van der Waals surface area (Å²) in [7, 11) is 0. The van der Waals surface area contributed by atoms with Gasteiger partial charge in [0.05, 0.1) is 10.2 Å². The monoisotopic (exact) mass is 346 g/mol. The lowest BCUT2D eigenvalue weighted by atomic mass is 10.2. The fraction of sp³-hybridized carbons (Fsp3) is 0.188. The maximum atomic E-state index is 10.6. The first-order chi connectivity index (χ1) is 11.0. The maximum Gasteiger partial charge on any atom is 0.303 e. The van der Waals surface area contributed by atoms with Gasteiger partial charge in [0.15, 0.2) is 3.95 Å². The van der Waals surface area contributed by atoms with Crippen molar-refractivity contribution in [3.8, 4) is 5.88 Å². The van der Waals surface area contributed by atoms with E-state index in [1.807, 2.05) is 30.4 Å². The van der Waals surface area contributed by atoms with Gasteiger partial charge < -0.3 is 10.2 Å². The quantitative estimate of drug-likeness (QED) is 0.815. The van der Waals surface area contributed by atoms with Crippen LogP contribution in [0.4, 0.5) is 0 Å². The van der Waals surface area contributed by atoms with Crippen molar-refractivity contribution in [1.82, 2.24) is 4.57 Å². The molecule has 0 fully saturated rings. The fourth-order valence-electron chi connectivity index (χ4n) is 2.36. The zero-order valence-electron chi connectivity index (χ0n) is 12.1. The van der Waals surface area contributed by atoms with Crippen LogP contribution in [0.25, 0.3) is 12.2 Å². The van der Waals surface area contributed by atoms with Gasteiger partial charge in [-0.2, -0.15) is 0 Å². The molecule has 0 bridgehead atoms. The molecule has 0 amide bonds. The Morgan fingerprint density at radius 2 is 2.26 bits per heavy atom. The van der Waals surface area contributed by atoms with Gasteiger partial charge in [0.25, 0.3) is 0 Å². The van der Waals surface area contributed by atoms with Gasteiger partial charge in [-0.05, 0) is 48.1 Å². The van der Waals surface area contributed by atoms with Crippen molar-refractivity contribution in [3.63, 3.8) is 0 Å². The Morgan fingerprint density at radius 1 is 1.43 bits per heavy atom. The fourth-order valence-corrected chi connectivity index (χ4v) is 3.68. The molecule has 0 spiro atoms. The van der Waals surface area contributed by atoms with Crippen molar-refractivity contribution in [1.29, 1.82) is 0 Å². The number of benzene rings is 1. The van der Waals surface area contributed by atoms with Crippen molar-refractivity contribution < 1.29 is 15.0 Å². The highest BCUT2D eigenvalue weighted by Gasteiger charge is 2.10. The van der Waals surface area contributed by atoms with Crippen molar-refractivity contribution in [2.75, 3.05) is 0 Å². The second-order valence-electron chi connectivity index (χ2n) is 5.11. The Balaban J connectivity index is 1.91. The molecule has 2 heterocycles. The smallest absolute Gasteiger partial charge is 0.303 e. The van der Waals surface area contributed by atoms with E-state index in [4.69, 9.17) is 17.3 Å². The number of aliphatic carboxylic acids is 1. The lowest BCUT2D eigenvalue weighted by Gasteiger charge is -2.02. The first-order valence-electron chi connectivity index (χ1n) is 7.05. The number of carboxylic acid groups (broad SMARTS) is 1. The van der Waals surface area contributed by atoms with Gasteiger partial charge in [-0.25, -0.2) is 0 Å². The number of aromatic hydroxyl groups is 1. The molecule has 23 heavy (non-hydrogen) atoms. The minimum Gasteiger partial charge on any atom is -0.493 e. The van der Waals surface area contributed by atoms with Crippen LogP contribution in [0, 0.1) is 3.95 Å². The van der Waals surface area contributed by atoms with Gasteiger partial charge >= 0.3 is 5.97 Å². The number of aromatic nitrogens is 1. The molecule has 1 aromatic carbocycles. The average molecular weight is 346 g/mol. The summed E-state index contributed by atoms with van der Waals surface area (Å²) in [6.45, 7) is 0.396. The van der Waals surface area contributed by atoms with E-state index in [1.54, 1.807) is 10.8 Å². The second-order valence-corrected chi connectivity index (χ2v) is 6.79. The number of carbonyl (C=O) groups is 1. The zero-order valence-corrected chi connectivity index (χ0v) is 13.7. The summed E-state index contributed by atoms with van der Waals surface area (Å²) in [5.74, 6) is -0.763. The molecule has 0 atom stereocenters. The number of fused-ring (bicyclic) bond motifs is 1. The van der Waals surface area contributed by atoms with Crippen LogP contribution in [0.1, 0.15) is 23.3 Å². The first kappa shape index (κ1) is 15.6. The van der Waals surface area contributed by atoms with Crippen molar-refractivity contribution >= 4 is 41.7 Å². The summed E-state index contributed by atoms with van der Waals surface area (Å²) in [5.41, 5.74) is 1.04. The number of thiazole rings is 1. The molecular weight excluding hydrogens is 332 g/mol. The van der Waals surface area contributed by atoms with Gasteiger partial charge in [-0.3, -0.25) is 14.4 Å². The molecule has 1 aliphatic heterocycles. The van der Waals surface area contributed by atoms with E-state index >= 15 is 0 Å². The summed E-state index contributed by atoms with van der Waals surface area (Å²) in [5, 5.41) is 20.9. The average Bonchev–Trinajstić information content (AvgIpc) is 3.06. The van der Waals surface area contributed by atoms with Gasteiger partial charge in [-0.15, -0.1) is 11.3 Å². The lowest BCUT2D eigenvalue weighted by Crippen LogP contribution is -2.10. The number of nitrogens with zero attached hydrogens (tertiary/aromatic N) is 2. The van der Waals surface area contributed by atoms with E-state index in [-0.39, 0.29) is 12.3 Å². The van der Waals surface area contributed by atoms with Gasteiger partial charge in [0.1, 0.15) is 0 Å². The molecule has 7 heteroatoms. The predicted molar refractivity (Wildman–Crippen MR) is 91.5 cm³/mol. The lowest BCUT2D eigenvalue weighted by molar-refractivity contribution is -0.137. The van der Waals surface area contributed by atoms with Crippen molar-refractivity contribution in [2.24, 2.45) is 4.99 Å². The third kappa shape index (κ3) is 3.40. The van der Waals surface area contributed by atoms with Crippen LogP contribution >= 0.6 is 23.6 Å². The van der Waals surface area contributed by atoms with Crippen LogP contribution < -0.4 is 10.6 Å². The molecule has 0 unspecified atom stereocenters. The molecule has 3 rings (SSSR count). The van der Waals surface area contributed by atoms with Crippen LogP contribution in [-0.4, -0.2) is 20.7 Å². The van der Waals surface area contributed by atoms with E-state index in [0.717, 1.165) is 16.1 Å². The van der Waals surface area contributed by atoms with E-state index in [9.17, 15) is 9.90 Å². The summed E-state index contributed by atoms with van der Waals surface area (Å²) in [4.78, 5) is 15.5. The van der Waals surface area contributed by atoms with Crippen LogP contribution in [0.3, 0.4) is 0 Å². The number of carboxylic acids is 1. The summed E-state index contributed by atoms with van der Waals surface area (Å²) in [6, 6.07) is 5.87. The Morgan fingerprint density at radius 3 is 3.04 bits per heavy atom. The van der Waals surface area contributed by atoms with E-state index < -0.39 is 5.97 Å². The summed E-state index contributed by atoms with van der Waals surface area (Å²) >= 11 is 6.57. The minimum absolute atomic E-state index is 0.0523. The molecule has 2 N–H and O–H groups in total. The number of hydrogen-bond donors (Lipinski definition) is 2. The Hall–Kier alpha value is -2.25. The van der Waals surface area contributed by atoms with E-state index in [1.165, 1.54) is 11.3 Å². The van der Waals surface area contributed by atoms with Gasteiger partial charge in [-0.1, -0.05) is 6.07 Å². The van der Waals surface area contributed by atoms with E-state index in [0.29, 0.717) is 21.8 Å². The molecule has 0 aliphatic carbocycles. The Kier molecular flexibility index (Phi) is 4.40. The number of hydrogen-bond acceptors (Lipinski definition) is 5. The van der Waals surface area contributed by atoms with Gasteiger partial charge in [0.2, 0.25) is 5.88 Å². The summed E-state index contributed by atoms with van der Waals surface area (Å²) in [6.07, 6.45) is 6.05. The highest BCUT2D eigenvalue weighted by atomic mass is 32.1. The third-order valence-corrected chi connectivity index (χ3v) is 4.87. The maximum absolute atomic E-state index is 10.6. The molecular formula is C16H14N2O3S2. The number of rotatable bonds is 5. The molecule has 0 radical (unpaired) electrons. The normalized spacial score (nSPS) is 13.1. The topological polar surface area (TPSA) is 74.8 Å². The Bertz CT molecular complexity index is 970. The molecule has 0 saturated heterocycles. The predicted octanol–water partition coefficient (Wildman–Crippen LogP) is 2.28. The highest BCUT2D eigenvalue weighted by Crippen LogP contribution is 2.27. The first-order valence-corrected chi connectivity index (χ1v) is 8.27.